The average molecular weight is 425 g/mol. The number of para-hydroxylation sites is 1. The van der Waals surface area contributed by atoms with Gasteiger partial charge in [-0.15, -0.1) is 11.3 Å². The monoisotopic (exact) mass is 424 g/mol. The van der Waals surface area contributed by atoms with E-state index in [1.165, 1.54) is 58.3 Å². The summed E-state index contributed by atoms with van der Waals surface area (Å²) in [7, 11) is 0. The first-order valence-corrected chi connectivity index (χ1v) is 11.6. The van der Waals surface area contributed by atoms with Crippen LogP contribution in [0.4, 0.5) is 0 Å². The van der Waals surface area contributed by atoms with Crippen molar-refractivity contribution in [1.82, 2.24) is 9.38 Å². The van der Waals surface area contributed by atoms with Crippen LogP contribution in [0.1, 0.15) is 0 Å². The molecule has 0 saturated carbocycles. The summed E-state index contributed by atoms with van der Waals surface area (Å²) in [6.45, 7) is 0. The Bertz CT molecular complexity index is 1980. The van der Waals surface area contributed by atoms with Crippen LogP contribution < -0.4 is 0 Å². The van der Waals surface area contributed by atoms with E-state index in [1.54, 1.807) is 0 Å². The molecule has 4 aromatic carbocycles. The van der Waals surface area contributed by atoms with E-state index >= 15 is 0 Å². The van der Waals surface area contributed by atoms with Crippen molar-refractivity contribution in [3.05, 3.63) is 97.2 Å². The minimum absolute atomic E-state index is 1.01. The van der Waals surface area contributed by atoms with E-state index in [1.807, 2.05) is 23.6 Å². The van der Waals surface area contributed by atoms with Gasteiger partial charge in [-0.1, -0.05) is 48.5 Å². The molecule has 148 valence electrons. The number of thiophene rings is 1. The Labute approximate surface area is 187 Å². The van der Waals surface area contributed by atoms with Gasteiger partial charge >= 0.3 is 0 Å². The number of benzene rings is 4. The standard InChI is InChI=1S/C29H16N2S/c1-3-10-23-18(7-1)20-16-26-27(19-8-2-4-11-25(19)32-26)28-21-15-17(22-9-5-6-14-30-22)12-13-24(21)31(23)29(20)28/h1-16H. The van der Waals surface area contributed by atoms with Gasteiger partial charge in [0.2, 0.25) is 0 Å². The predicted molar refractivity (Wildman–Crippen MR) is 137 cm³/mol. The van der Waals surface area contributed by atoms with Crippen molar-refractivity contribution < 1.29 is 0 Å². The highest BCUT2D eigenvalue weighted by Crippen LogP contribution is 2.47. The van der Waals surface area contributed by atoms with E-state index in [2.05, 4.69) is 94.3 Å². The van der Waals surface area contributed by atoms with Gasteiger partial charge in [0.05, 0.1) is 22.2 Å². The molecule has 8 aromatic rings. The largest absolute Gasteiger partial charge is 0.308 e. The molecule has 0 spiro atoms. The minimum Gasteiger partial charge on any atom is -0.308 e. The zero-order valence-corrected chi connectivity index (χ0v) is 17.9. The molecule has 0 aliphatic rings. The molecule has 32 heavy (non-hydrogen) atoms. The number of hydrogen-bond donors (Lipinski definition) is 0. The van der Waals surface area contributed by atoms with E-state index in [4.69, 9.17) is 0 Å². The lowest BCUT2D eigenvalue weighted by molar-refractivity contribution is 1.33. The highest BCUT2D eigenvalue weighted by atomic mass is 32.1. The zero-order chi connectivity index (χ0) is 20.8. The van der Waals surface area contributed by atoms with Gasteiger partial charge in [0, 0.05) is 53.5 Å². The third kappa shape index (κ3) is 1.97. The maximum atomic E-state index is 4.61. The molecule has 0 radical (unpaired) electrons. The number of hydrogen-bond acceptors (Lipinski definition) is 2. The fourth-order valence-corrected chi connectivity index (χ4v) is 6.62. The molecule has 0 bridgehead atoms. The lowest BCUT2D eigenvalue weighted by atomic mass is 10.0. The number of fused-ring (bicyclic) bond motifs is 10. The van der Waals surface area contributed by atoms with Gasteiger partial charge in [0.15, 0.2) is 0 Å². The molecule has 0 saturated heterocycles. The van der Waals surface area contributed by atoms with Gasteiger partial charge in [-0.3, -0.25) is 4.98 Å². The maximum Gasteiger partial charge on any atom is 0.0702 e. The van der Waals surface area contributed by atoms with Crippen molar-refractivity contribution in [1.29, 1.82) is 0 Å². The Morgan fingerprint density at radius 1 is 0.594 bits per heavy atom. The lowest BCUT2D eigenvalue weighted by Crippen LogP contribution is -1.83. The molecule has 0 unspecified atom stereocenters. The third-order valence-corrected chi connectivity index (χ3v) is 7.88. The van der Waals surface area contributed by atoms with Crippen LogP contribution in [0.2, 0.25) is 0 Å². The van der Waals surface area contributed by atoms with E-state index in [0.29, 0.717) is 0 Å². The zero-order valence-electron chi connectivity index (χ0n) is 17.0. The summed E-state index contributed by atoms with van der Waals surface area (Å²) >= 11 is 1.89. The Balaban J connectivity index is 1.69. The first-order chi connectivity index (χ1) is 15.9. The normalized spacial score (nSPS) is 12.4. The van der Waals surface area contributed by atoms with Crippen LogP contribution in [0.3, 0.4) is 0 Å². The quantitative estimate of drug-likeness (QED) is 0.259. The second kappa shape index (κ2) is 5.84. The first-order valence-electron chi connectivity index (χ1n) is 10.8. The van der Waals surface area contributed by atoms with Crippen molar-refractivity contribution in [2.24, 2.45) is 0 Å². The molecule has 4 aromatic heterocycles. The number of rotatable bonds is 1. The molecule has 4 heterocycles. The van der Waals surface area contributed by atoms with Gasteiger partial charge in [-0.05, 0) is 42.5 Å². The maximum absolute atomic E-state index is 4.61. The number of pyridine rings is 1. The summed E-state index contributed by atoms with van der Waals surface area (Å²) in [5.41, 5.74) is 6.03. The first kappa shape index (κ1) is 16.7. The van der Waals surface area contributed by atoms with E-state index in [-0.39, 0.29) is 0 Å². The van der Waals surface area contributed by atoms with Crippen molar-refractivity contribution in [3.8, 4) is 11.3 Å². The third-order valence-electron chi connectivity index (χ3n) is 6.77. The highest BCUT2D eigenvalue weighted by Gasteiger charge is 2.22. The molecule has 8 rings (SSSR count). The smallest absolute Gasteiger partial charge is 0.0702 e. The van der Waals surface area contributed by atoms with Crippen molar-refractivity contribution >= 4 is 69.6 Å². The lowest BCUT2D eigenvalue weighted by Gasteiger charge is -2.03. The summed E-state index contributed by atoms with van der Waals surface area (Å²) in [6, 6.07) is 32.9. The average Bonchev–Trinajstić information content (AvgIpc) is 3.49. The van der Waals surface area contributed by atoms with Crippen LogP contribution in [-0.4, -0.2) is 9.38 Å². The molecule has 2 nitrogen and oxygen atoms in total. The fraction of sp³-hybridized carbons (Fsp3) is 0. The van der Waals surface area contributed by atoms with Crippen LogP contribution >= 0.6 is 11.3 Å². The van der Waals surface area contributed by atoms with Gasteiger partial charge in [0.1, 0.15) is 0 Å². The SMILES string of the molecule is c1ccc(-c2ccc3c(c2)c2c4c(cc5c6ccccc6n3c52)sc2ccccc24)nc1. The van der Waals surface area contributed by atoms with Gasteiger partial charge in [-0.2, -0.15) is 0 Å². The Morgan fingerprint density at radius 2 is 1.41 bits per heavy atom. The summed E-state index contributed by atoms with van der Waals surface area (Å²) in [6.07, 6.45) is 1.87. The van der Waals surface area contributed by atoms with Crippen LogP contribution in [0.15, 0.2) is 97.2 Å². The van der Waals surface area contributed by atoms with Gasteiger partial charge < -0.3 is 4.40 Å². The van der Waals surface area contributed by atoms with E-state index in [9.17, 15) is 0 Å². The summed E-state index contributed by atoms with van der Waals surface area (Å²) in [5.74, 6) is 0. The number of aromatic nitrogens is 2. The fourth-order valence-electron chi connectivity index (χ4n) is 5.47. The second-order valence-electron chi connectivity index (χ2n) is 8.42. The van der Waals surface area contributed by atoms with Crippen LogP contribution in [0.25, 0.3) is 69.5 Å². The summed E-state index contributed by atoms with van der Waals surface area (Å²) < 4.78 is 5.16. The van der Waals surface area contributed by atoms with E-state index < -0.39 is 0 Å². The molecule has 0 amide bonds. The topological polar surface area (TPSA) is 17.3 Å². The molecule has 0 atom stereocenters. The summed E-state index contributed by atoms with van der Waals surface area (Å²) in [5, 5.41) is 8.04. The Hall–Kier alpha value is -3.95. The van der Waals surface area contributed by atoms with Crippen molar-refractivity contribution in [3.63, 3.8) is 0 Å². The van der Waals surface area contributed by atoms with Gasteiger partial charge in [0.25, 0.3) is 0 Å². The molecular formula is C29H16N2S. The van der Waals surface area contributed by atoms with E-state index in [0.717, 1.165) is 11.3 Å². The highest BCUT2D eigenvalue weighted by molar-refractivity contribution is 7.26. The van der Waals surface area contributed by atoms with Crippen molar-refractivity contribution in [2.45, 2.75) is 0 Å². The molecule has 0 fully saturated rings. The molecular weight excluding hydrogens is 408 g/mol. The van der Waals surface area contributed by atoms with Gasteiger partial charge in [-0.25, -0.2) is 0 Å². The molecule has 0 aliphatic heterocycles. The van der Waals surface area contributed by atoms with Crippen LogP contribution in [-0.2, 0) is 0 Å². The summed E-state index contributed by atoms with van der Waals surface area (Å²) in [4.78, 5) is 4.61. The second-order valence-corrected chi connectivity index (χ2v) is 9.50. The van der Waals surface area contributed by atoms with Crippen LogP contribution in [0, 0.1) is 0 Å². The molecule has 0 aliphatic carbocycles. The minimum atomic E-state index is 1.01. The van der Waals surface area contributed by atoms with Crippen LogP contribution in [0.5, 0.6) is 0 Å². The van der Waals surface area contributed by atoms with Crippen molar-refractivity contribution in [2.75, 3.05) is 0 Å². The predicted octanol–water partition coefficient (Wildman–Crippen LogP) is 8.27. The Morgan fingerprint density at radius 3 is 2.31 bits per heavy atom. The number of nitrogens with zero attached hydrogens (tertiary/aromatic N) is 2. The molecule has 0 N–H and O–H groups in total. The molecule has 3 heteroatoms. The Kier molecular flexibility index (Phi) is 3.05.